The van der Waals surface area contributed by atoms with Gasteiger partial charge in [0.15, 0.2) is 0 Å². The standard InChI is InChI=1S/3C8H8O2.Na.2O.U/c3*9-8(10)6-7-4-2-1-3-5-7;;;;/h3*1-5H,6H2,(H,9,10);;;;/q;;;+1;;;. The summed E-state index contributed by atoms with van der Waals surface area (Å²) in [4.78, 5) is 30.5. The normalized spacial score (nSPS) is 8.35. The molecule has 0 saturated heterocycles. The Bertz CT molecular complexity index is 871. The monoisotopic (exact) mass is 701 g/mol. The van der Waals surface area contributed by atoms with Crippen LogP contribution in [0.15, 0.2) is 91.0 Å². The van der Waals surface area contributed by atoms with Crippen LogP contribution in [0.25, 0.3) is 0 Å². The van der Waals surface area contributed by atoms with Gasteiger partial charge in [-0.3, -0.25) is 14.4 Å². The molecule has 0 spiro atoms. The molecule has 34 heavy (non-hydrogen) atoms. The predicted octanol–water partition coefficient (Wildman–Crippen LogP) is 0.708. The first-order chi connectivity index (χ1) is 15.8. The Balaban J connectivity index is 0. The van der Waals surface area contributed by atoms with Crippen LogP contribution in [0.1, 0.15) is 16.7 Å². The Kier molecular flexibility index (Phi) is 22.4. The van der Waals surface area contributed by atoms with Crippen LogP contribution in [0.5, 0.6) is 0 Å². The molecule has 172 valence electrons. The van der Waals surface area contributed by atoms with E-state index in [1.807, 2.05) is 54.6 Å². The predicted molar refractivity (Wildman–Crippen MR) is 115 cm³/mol. The Morgan fingerprint density at radius 2 is 0.676 bits per heavy atom. The second-order valence-electron chi connectivity index (χ2n) is 6.25. The summed E-state index contributed by atoms with van der Waals surface area (Å²) in [7, 11) is 0. The molecular formula is C24H24NaO8U+. The van der Waals surface area contributed by atoms with Crippen molar-refractivity contribution in [2.24, 2.45) is 0 Å². The number of carboxylic acid groups (broad SMARTS) is 3. The van der Waals surface area contributed by atoms with E-state index < -0.39 is 45.7 Å². The van der Waals surface area contributed by atoms with Gasteiger partial charge in [-0.15, -0.1) is 0 Å². The third-order valence-corrected chi connectivity index (χ3v) is 3.59. The molecule has 0 atom stereocenters. The summed E-state index contributed by atoms with van der Waals surface area (Å²) in [6.07, 6.45) is 0.336. The number of hydrogen-bond donors (Lipinski definition) is 3. The molecular weight excluding hydrogens is 677 g/mol. The number of carboxylic acids is 3. The van der Waals surface area contributed by atoms with Gasteiger partial charge >= 0.3 is 79.8 Å². The van der Waals surface area contributed by atoms with Crippen LogP contribution >= 0.6 is 0 Å². The van der Waals surface area contributed by atoms with Crippen molar-refractivity contribution in [3.05, 3.63) is 108 Å². The molecule has 0 radical (unpaired) electrons. The molecule has 10 heteroatoms. The zero-order chi connectivity index (χ0) is 24.9. The molecule has 0 aliphatic heterocycles. The van der Waals surface area contributed by atoms with E-state index in [1.165, 1.54) is 0 Å². The van der Waals surface area contributed by atoms with Crippen molar-refractivity contribution in [3.63, 3.8) is 0 Å². The molecule has 0 bridgehead atoms. The first-order valence-electron chi connectivity index (χ1n) is 9.54. The summed E-state index contributed by atoms with van der Waals surface area (Å²) in [5.41, 5.74) is 2.53. The minimum atomic E-state index is -2.51. The molecule has 0 unspecified atom stereocenters. The minimum absolute atomic E-state index is 0. The fraction of sp³-hybridized carbons (Fsp3) is 0.125. The Morgan fingerprint density at radius 1 is 0.500 bits per heavy atom. The van der Waals surface area contributed by atoms with Crippen LogP contribution < -0.4 is 29.6 Å². The Hall–Kier alpha value is -2.28. The summed E-state index contributed by atoms with van der Waals surface area (Å²) in [5.74, 6) is -2.36. The second-order valence-corrected chi connectivity index (χ2v) is 6.95. The summed E-state index contributed by atoms with van der Waals surface area (Å²) in [6, 6.07) is 27.4. The van der Waals surface area contributed by atoms with Gasteiger partial charge in [0.2, 0.25) is 0 Å². The average molecular weight is 701 g/mol. The average Bonchev–Trinajstić information content (AvgIpc) is 2.76. The van der Waals surface area contributed by atoms with Crippen molar-refractivity contribution < 1.29 is 91.6 Å². The zero-order valence-electron chi connectivity index (χ0n) is 18.7. The van der Waals surface area contributed by atoms with Gasteiger partial charge in [0.1, 0.15) is 0 Å². The van der Waals surface area contributed by atoms with Gasteiger partial charge in [-0.05, 0) is 16.7 Å². The van der Waals surface area contributed by atoms with Crippen LogP contribution in [-0.4, -0.2) is 33.2 Å². The van der Waals surface area contributed by atoms with Crippen LogP contribution in [0.4, 0.5) is 0 Å². The van der Waals surface area contributed by atoms with Gasteiger partial charge in [0.05, 0.1) is 19.3 Å². The first kappa shape index (κ1) is 33.9. The maximum absolute atomic E-state index is 10.2. The van der Waals surface area contributed by atoms with Crippen molar-refractivity contribution in [2.75, 3.05) is 0 Å². The summed E-state index contributed by atoms with van der Waals surface area (Å²) in [5, 5.41) is 25.1. The molecule has 0 aromatic heterocycles. The van der Waals surface area contributed by atoms with Crippen molar-refractivity contribution in [1.29, 1.82) is 0 Å². The molecule has 0 aliphatic rings. The summed E-state index contributed by atoms with van der Waals surface area (Å²) >= 11 is -2.51. The molecule has 0 aliphatic carbocycles. The van der Waals surface area contributed by atoms with E-state index in [9.17, 15) is 14.4 Å². The molecule has 0 fully saturated rings. The fourth-order valence-corrected chi connectivity index (χ4v) is 2.31. The number of rotatable bonds is 6. The van der Waals surface area contributed by atoms with Crippen LogP contribution in [-0.2, 0) is 38.1 Å². The Morgan fingerprint density at radius 3 is 0.824 bits per heavy atom. The molecule has 3 rings (SSSR count). The Labute approximate surface area is 234 Å². The first-order valence-corrected chi connectivity index (χ1v) is 12.9. The number of hydrogen-bond acceptors (Lipinski definition) is 5. The third kappa shape index (κ3) is 21.6. The van der Waals surface area contributed by atoms with E-state index in [1.54, 1.807) is 36.4 Å². The topological polar surface area (TPSA) is 146 Å². The second kappa shape index (κ2) is 22.5. The molecule has 3 aromatic rings. The zero-order valence-corrected chi connectivity index (χ0v) is 24.8. The maximum atomic E-state index is 10.2. The van der Waals surface area contributed by atoms with Crippen LogP contribution in [0, 0.1) is 27.8 Å². The van der Waals surface area contributed by atoms with Crippen molar-refractivity contribution in [1.82, 2.24) is 0 Å². The van der Waals surface area contributed by atoms with Gasteiger partial charge in [-0.2, -0.15) is 0 Å². The number of carbonyl (C=O) groups is 3. The number of aliphatic carboxylic acids is 3. The van der Waals surface area contributed by atoms with Crippen molar-refractivity contribution >= 4 is 17.9 Å². The van der Waals surface area contributed by atoms with E-state index in [2.05, 4.69) is 0 Å². The molecule has 3 N–H and O–H groups in total. The van der Waals surface area contributed by atoms with Gasteiger partial charge in [0, 0.05) is 0 Å². The fourth-order valence-electron chi connectivity index (χ4n) is 2.31. The van der Waals surface area contributed by atoms with Crippen LogP contribution in [0.3, 0.4) is 0 Å². The van der Waals surface area contributed by atoms with E-state index in [4.69, 9.17) is 19.8 Å². The van der Waals surface area contributed by atoms with Gasteiger partial charge < -0.3 is 15.3 Å². The number of benzene rings is 3. The quantitative estimate of drug-likeness (QED) is 0.319. The molecule has 0 saturated carbocycles. The van der Waals surface area contributed by atoms with Gasteiger partial charge in [-0.1, -0.05) is 91.0 Å². The van der Waals surface area contributed by atoms with Gasteiger partial charge in [0.25, 0.3) is 0 Å². The van der Waals surface area contributed by atoms with E-state index in [0.717, 1.165) is 16.7 Å². The molecule has 8 nitrogen and oxygen atoms in total. The third-order valence-electron chi connectivity index (χ3n) is 3.59. The van der Waals surface area contributed by atoms with E-state index in [0.29, 0.717) is 0 Å². The van der Waals surface area contributed by atoms with E-state index >= 15 is 0 Å². The SMILES string of the molecule is O=C(O)Cc1ccccc1.O=C(O)Cc1ccccc1.O=C(O)Cc1ccccc1.[Na+].[O]=[U]=[O]. The van der Waals surface area contributed by atoms with Crippen molar-refractivity contribution in [2.45, 2.75) is 19.3 Å². The molecule has 0 amide bonds. The van der Waals surface area contributed by atoms with Crippen LogP contribution in [0.2, 0.25) is 0 Å². The molecule has 3 aromatic carbocycles. The summed E-state index contributed by atoms with van der Waals surface area (Å²) < 4.78 is 17.2. The van der Waals surface area contributed by atoms with Crippen molar-refractivity contribution in [3.8, 4) is 0 Å². The van der Waals surface area contributed by atoms with Gasteiger partial charge in [-0.25, -0.2) is 0 Å². The summed E-state index contributed by atoms with van der Waals surface area (Å²) in [6.45, 7) is 0. The molecule has 0 heterocycles. The van der Waals surface area contributed by atoms with E-state index in [-0.39, 0.29) is 48.8 Å².